The number of hydrogen-bond acceptors (Lipinski definition) is 3. The summed E-state index contributed by atoms with van der Waals surface area (Å²) in [7, 11) is 0. The first-order chi connectivity index (χ1) is 7.20. The van der Waals surface area contributed by atoms with E-state index in [0.29, 0.717) is 6.04 Å². The fourth-order valence-electron chi connectivity index (χ4n) is 1.17. The summed E-state index contributed by atoms with van der Waals surface area (Å²) in [6.45, 7) is 12.7. The fraction of sp³-hybridized carbons (Fsp3) is 0.917. The van der Waals surface area contributed by atoms with Gasteiger partial charge in [0.1, 0.15) is 5.60 Å². The second kappa shape index (κ2) is 6.74. The molecule has 1 amide bonds. The van der Waals surface area contributed by atoms with E-state index in [1.165, 1.54) is 0 Å². The van der Waals surface area contributed by atoms with Crippen molar-refractivity contribution in [3.8, 4) is 0 Å². The van der Waals surface area contributed by atoms with Crippen LogP contribution in [0.1, 0.15) is 48.0 Å². The van der Waals surface area contributed by atoms with Crippen molar-refractivity contribution in [1.82, 2.24) is 10.6 Å². The lowest BCUT2D eigenvalue weighted by atomic mass is 10.2. The molecule has 4 nitrogen and oxygen atoms in total. The number of ether oxygens (including phenoxy) is 1. The number of hydrogen-bond donors (Lipinski definition) is 2. The molecule has 0 saturated carbocycles. The average molecular weight is 230 g/mol. The van der Waals surface area contributed by atoms with Crippen LogP contribution in [0.25, 0.3) is 0 Å². The van der Waals surface area contributed by atoms with Gasteiger partial charge in [-0.3, -0.25) is 0 Å². The van der Waals surface area contributed by atoms with E-state index in [2.05, 4.69) is 24.5 Å². The molecule has 0 spiro atoms. The smallest absolute Gasteiger partial charge is 0.407 e. The van der Waals surface area contributed by atoms with Gasteiger partial charge in [-0.1, -0.05) is 13.8 Å². The Balaban J connectivity index is 3.70. The summed E-state index contributed by atoms with van der Waals surface area (Å²) >= 11 is 0. The molecule has 1 unspecified atom stereocenters. The number of amides is 1. The summed E-state index contributed by atoms with van der Waals surface area (Å²) in [5.74, 6) is 0. The highest BCUT2D eigenvalue weighted by Crippen LogP contribution is 2.06. The summed E-state index contributed by atoms with van der Waals surface area (Å²) in [6, 6.07) is 0.606. The van der Waals surface area contributed by atoms with Crippen molar-refractivity contribution in [1.29, 1.82) is 0 Å². The van der Waals surface area contributed by atoms with Gasteiger partial charge >= 0.3 is 6.09 Å². The first-order valence-corrected chi connectivity index (χ1v) is 5.93. The summed E-state index contributed by atoms with van der Waals surface area (Å²) < 4.78 is 5.17. The molecule has 4 heteroatoms. The molecule has 0 aromatic rings. The van der Waals surface area contributed by atoms with E-state index in [1.54, 1.807) is 0 Å². The van der Waals surface area contributed by atoms with Crippen LogP contribution in [0, 0.1) is 0 Å². The Hall–Kier alpha value is -0.770. The van der Waals surface area contributed by atoms with E-state index < -0.39 is 5.60 Å². The molecule has 0 aromatic heterocycles. The van der Waals surface area contributed by atoms with Crippen LogP contribution in [0.4, 0.5) is 4.79 Å². The molecule has 0 aliphatic rings. The average Bonchev–Trinajstić information content (AvgIpc) is 1.98. The Morgan fingerprint density at radius 3 is 2.25 bits per heavy atom. The Labute approximate surface area is 99.1 Å². The quantitative estimate of drug-likeness (QED) is 0.762. The monoisotopic (exact) mass is 230 g/mol. The van der Waals surface area contributed by atoms with Crippen molar-refractivity contribution in [3.05, 3.63) is 0 Å². The molecule has 0 aromatic carbocycles. The van der Waals surface area contributed by atoms with Gasteiger partial charge in [0.2, 0.25) is 0 Å². The van der Waals surface area contributed by atoms with E-state index in [-0.39, 0.29) is 12.1 Å². The van der Waals surface area contributed by atoms with Crippen LogP contribution >= 0.6 is 0 Å². The van der Waals surface area contributed by atoms with E-state index in [9.17, 15) is 4.79 Å². The van der Waals surface area contributed by atoms with Gasteiger partial charge in [-0.25, -0.2) is 4.79 Å². The molecular weight excluding hydrogens is 204 g/mol. The first kappa shape index (κ1) is 15.2. The van der Waals surface area contributed by atoms with E-state index in [4.69, 9.17) is 4.74 Å². The molecule has 0 fully saturated rings. The van der Waals surface area contributed by atoms with Crippen molar-refractivity contribution in [2.75, 3.05) is 6.54 Å². The number of rotatable bonds is 5. The van der Waals surface area contributed by atoms with Crippen molar-refractivity contribution in [3.63, 3.8) is 0 Å². The zero-order chi connectivity index (χ0) is 12.8. The Bertz CT molecular complexity index is 210. The van der Waals surface area contributed by atoms with Crippen LogP contribution in [0.3, 0.4) is 0 Å². The van der Waals surface area contributed by atoms with Crippen molar-refractivity contribution in [2.24, 2.45) is 0 Å². The zero-order valence-corrected chi connectivity index (χ0v) is 11.4. The maximum absolute atomic E-state index is 11.4. The minimum Gasteiger partial charge on any atom is -0.444 e. The van der Waals surface area contributed by atoms with Gasteiger partial charge in [0.05, 0.1) is 0 Å². The van der Waals surface area contributed by atoms with Crippen LogP contribution in [0.15, 0.2) is 0 Å². The molecule has 0 heterocycles. The van der Waals surface area contributed by atoms with Gasteiger partial charge in [-0.2, -0.15) is 0 Å². The highest BCUT2D eigenvalue weighted by atomic mass is 16.6. The highest BCUT2D eigenvalue weighted by Gasteiger charge is 2.17. The lowest BCUT2D eigenvalue weighted by molar-refractivity contribution is 0.0506. The van der Waals surface area contributed by atoms with Gasteiger partial charge < -0.3 is 15.4 Å². The standard InChI is InChI=1S/C12H26N2O2/c1-9(2)13-8-7-10(3)14-11(15)16-12(4,5)6/h9-10,13H,7-8H2,1-6H3,(H,14,15). The maximum atomic E-state index is 11.4. The van der Waals surface area contributed by atoms with Gasteiger partial charge in [0.25, 0.3) is 0 Å². The third-order valence-electron chi connectivity index (χ3n) is 1.89. The van der Waals surface area contributed by atoms with Crippen molar-refractivity contribution < 1.29 is 9.53 Å². The molecule has 2 N–H and O–H groups in total. The normalized spacial score (nSPS) is 13.7. The van der Waals surface area contributed by atoms with Crippen LogP contribution in [0.5, 0.6) is 0 Å². The van der Waals surface area contributed by atoms with Crippen molar-refractivity contribution >= 4 is 6.09 Å². The number of carbonyl (C=O) groups is 1. The highest BCUT2D eigenvalue weighted by molar-refractivity contribution is 5.67. The number of alkyl carbamates (subject to hydrolysis) is 1. The minimum absolute atomic E-state index is 0.126. The topological polar surface area (TPSA) is 50.4 Å². The summed E-state index contributed by atoms with van der Waals surface area (Å²) in [6.07, 6.45) is 0.557. The Morgan fingerprint density at radius 1 is 1.25 bits per heavy atom. The molecular formula is C12H26N2O2. The number of carbonyl (C=O) groups excluding carboxylic acids is 1. The van der Waals surface area contributed by atoms with Crippen LogP contribution in [-0.4, -0.2) is 30.3 Å². The van der Waals surface area contributed by atoms with Gasteiger partial charge in [-0.15, -0.1) is 0 Å². The fourth-order valence-corrected chi connectivity index (χ4v) is 1.17. The Kier molecular flexibility index (Phi) is 6.41. The largest absolute Gasteiger partial charge is 0.444 e. The van der Waals surface area contributed by atoms with E-state index >= 15 is 0 Å². The molecule has 16 heavy (non-hydrogen) atoms. The van der Waals surface area contributed by atoms with Crippen LogP contribution < -0.4 is 10.6 Å². The predicted octanol–water partition coefficient (Wildman–Crippen LogP) is 2.29. The predicted molar refractivity (Wildman–Crippen MR) is 66.6 cm³/mol. The van der Waals surface area contributed by atoms with E-state index in [0.717, 1.165) is 13.0 Å². The molecule has 0 saturated heterocycles. The molecule has 0 aliphatic heterocycles. The number of nitrogens with one attached hydrogen (secondary N) is 2. The van der Waals surface area contributed by atoms with Gasteiger partial charge in [0.15, 0.2) is 0 Å². The zero-order valence-electron chi connectivity index (χ0n) is 11.4. The SMILES string of the molecule is CC(C)NCCC(C)NC(=O)OC(C)(C)C. The third-order valence-corrected chi connectivity index (χ3v) is 1.89. The Morgan fingerprint density at radius 2 is 1.81 bits per heavy atom. The first-order valence-electron chi connectivity index (χ1n) is 5.93. The second-order valence-electron chi connectivity index (χ2n) is 5.44. The molecule has 96 valence electrons. The maximum Gasteiger partial charge on any atom is 0.407 e. The summed E-state index contributed by atoms with van der Waals surface area (Å²) in [5.41, 5.74) is -0.431. The summed E-state index contributed by atoms with van der Waals surface area (Å²) in [4.78, 5) is 11.4. The lowest BCUT2D eigenvalue weighted by Gasteiger charge is -2.22. The molecule has 1 atom stereocenters. The third kappa shape index (κ3) is 9.77. The lowest BCUT2D eigenvalue weighted by Crippen LogP contribution is -2.39. The van der Waals surface area contributed by atoms with Crippen molar-refractivity contribution in [2.45, 2.75) is 65.6 Å². The minimum atomic E-state index is -0.431. The molecule has 0 rings (SSSR count). The van der Waals surface area contributed by atoms with Crippen LogP contribution in [0.2, 0.25) is 0 Å². The molecule has 0 bridgehead atoms. The molecule has 0 radical (unpaired) electrons. The van der Waals surface area contributed by atoms with Gasteiger partial charge in [-0.05, 0) is 40.7 Å². The van der Waals surface area contributed by atoms with Gasteiger partial charge in [0, 0.05) is 12.1 Å². The second-order valence-corrected chi connectivity index (χ2v) is 5.44. The van der Waals surface area contributed by atoms with Crippen LogP contribution in [-0.2, 0) is 4.74 Å². The summed E-state index contributed by atoms with van der Waals surface area (Å²) in [5, 5.41) is 6.11. The molecule has 0 aliphatic carbocycles. The van der Waals surface area contributed by atoms with E-state index in [1.807, 2.05) is 27.7 Å².